The number of amides is 2. The number of ether oxygens (including phenoxy) is 1. The monoisotopic (exact) mass is 825 g/mol. The highest BCUT2D eigenvalue weighted by atomic mass is 35.5. The van der Waals surface area contributed by atoms with Crippen LogP contribution in [-0.4, -0.2) is 61.1 Å². The normalized spacial score (nSPS) is 26.6. The molecule has 4 heterocycles. The molecule has 12 heteroatoms. The number of carbonyl (C=O) groups excluding carboxylic acids is 2. The third-order valence-corrected chi connectivity index (χ3v) is 14.5. The maximum absolute atomic E-state index is 16.0. The Morgan fingerprint density at radius 2 is 1.62 bits per heavy atom. The number of imidazole rings is 1. The van der Waals surface area contributed by atoms with Gasteiger partial charge in [0.05, 0.1) is 12.1 Å². The predicted molar refractivity (Wildman–Crippen MR) is 232 cm³/mol. The van der Waals surface area contributed by atoms with Crippen LogP contribution in [-0.2, 0) is 19.7 Å². The number of likely N-dealkylation sites (tertiary alicyclic amines) is 1. The molecular weight excluding hydrogens is 774 g/mol. The SMILES string of the molecule is CC1(C)CCC2(CC1)N([C@H](c1ccccc1)[C@@H](O)c1ccccc1)[C@@H](C(=O)NC1CCC(C(=N)OC=N)CC1)[C@H](c1cnc3ccccn13)[C@]21C(=O)Nc2cc(Cl)ccc21. The van der Waals surface area contributed by atoms with E-state index in [1.54, 1.807) is 0 Å². The first-order valence-electron chi connectivity index (χ1n) is 21.1. The van der Waals surface area contributed by atoms with Crippen LogP contribution >= 0.6 is 11.6 Å². The lowest BCUT2D eigenvalue weighted by Crippen LogP contribution is -2.64. The van der Waals surface area contributed by atoms with Gasteiger partial charge in [-0.1, -0.05) is 98.2 Å². The van der Waals surface area contributed by atoms with Gasteiger partial charge >= 0.3 is 0 Å². The minimum Gasteiger partial charge on any atom is -0.432 e. The van der Waals surface area contributed by atoms with Crippen LogP contribution in [0, 0.1) is 22.2 Å². The Morgan fingerprint density at radius 3 is 2.30 bits per heavy atom. The molecule has 4 aliphatic rings. The fourth-order valence-corrected chi connectivity index (χ4v) is 11.6. The summed E-state index contributed by atoms with van der Waals surface area (Å²) in [5.74, 6) is -1.27. The Kier molecular flexibility index (Phi) is 10.4. The molecule has 0 radical (unpaired) electrons. The number of anilines is 1. The molecular formula is C48H52ClN7O4. The minimum absolute atomic E-state index is 0.0384. The van der Waals surface area contributed by atoms with E-state index in [1.165, 1.54) is 0 Å². The van der Waals surface area contributed by atoms with Crippen molar-refractivity contribution in [2.24, 2.45) is 11.3 Å². The molecule has 2 aliphatic carbocycles. The number of fused-ring (bicyclic) bond motifs is 4. The number of hydrogen-bond acceptors (Lipinski definition) is 8. The molecule has 0 unspecified atom stereocenters. The molecule has 0 bridgehead atoms. The van der Waals surface area contributed by atoms with E-state index in [4.69, 9.17) is 32.1 Å². The number of carbonyl (C=O) groups is 2. The number of aliphatic hydroxyl groups is 1. The van der Waals surface area contributed by atoms with E-state index < -0.39 is 35.1 Å². The Hall–Kier alpha value is -5.36. The van der Waals surface area contributed by atoms with Crippen molar-refractivity contribution >= 4 is 47.0 Å². The fraction of sp³-hybridized carbons (Fsp3) is 0.396. The summed E-state index contributed by atoms with van der Waals surface area (Å²) in [5.41, 5.74) is 2.03. The molecule has 3 aromatic carbocycles. The quantitative estimate of drug-likeness (QED) is 0.0740. The van der Waals surface area contributed by atoms with Crippen molar-refractivity contribution < 1.29 is 19.4 Å². The first kappa shape index (κ1) is 40.1. The lowest BCUT2D eigenvalue weighted by atomic mass is 9.53. The van der Waals surface area contributed by atoms with Gasteiger partial charge in [-0.05, 0) is 97.7 Å². The second kappa shape index (κ2) is 15.6. The van der Waals surface area contributed by atoms with Crippen molar-refractivity contribution in [3.05, 3.63) is 137 Å². The predicted octanol–water partition coefficient (Wildman–Crippen LogP) is 8.74. The van der Waals surface area contributed by atoms with Gasteiger partial charge in [0.2, 0.25) is 11.8 Å². The summed E-state index contributed by atoms with van der Waals surface area (Å²) in [6, 6.07) is 29.1. The number of aliphatic hydroxyl groups excluding tert-OH is 1. The molecule has 9 rings (SSSR count). The third-order valence-electron chi connectivity index (χ3n) is 14.3. The zero-order valence-electron chi connectivity index (χ0n) is 34.0. The third kappa shape index (κ3) is 6.44. The summed E-state index contributed by atoms with van der Waals surface area (Å²) in [6.45, 7) is 4.55. The Morgan fingerprint density at radius 1 is 0.950 bits per heavy atom. The number of nitrogens with zero attached hydrogens (tertiary/aromatic N) is 3. The maximum atomic E-state index is 16.0. The summed E-state index contributed by atoms with van der Waals surface area (Å²) in [7, 11) is 0. The van der Waals surface area contributed by atoms with E-state index in [-0.39, 0.29) is 35.1 Å². The molecule has 60 heavy (non-hydrogen) atoms. The highest BCUT2D eigenvalue weighted by Crippen LogP contribution is 2.69. The van der Waals surface area contributed by atoms with E-state index >= 15 is 9.59 Å². The van der Waals surface area contributed by atoms with E-state index in [0.29, 0.717) is 60.4 Å². The minimum atomic E-state index is -1.34. The number of aromatic nitrogens is 2. The van der Waals surface area contributed by atoms with Crippen LogP contribution in [0.4, 0.5) is 5.69 Å². The number of hydrogen-bond donors (Lipinski definition) is 5. The molecule has 1 saturated heterocycles. The molecule has 2 saturated carbocycles. The number of nitrogens with one attached hydrogen (secondary N) is 4. The van der Waals surface area contributed by atoms with Crippen LogP contribution in [0.15, 0.2) is 109 Å². The first-order valence-corrected chi connectivity index (χ1v) is 21.5. The standard InChI is InChI=1S/C48H52ClN7O4/c1-46(2)22-24-47(25-23-46)48(35-21-18-33(49)27-36(35)54-45(48)59)39(37-28-52-38-15-9-10-26-55(37)38)41(44(58)53-34-19-16-32(17-20-34)43(51)60-29-50)56(47)40(30-11-5-3-6-12-30)42(57)31-13-7-4-8-14-31/h3-15,18,21,26-29,32,34,39-42,50-51,57H,16-17,19-20,22-25H2,1-2H3,(H,53,58)(H,54,59)/t32?,34?,39-,40+,41+,42-,48+/m0/s1. The van der Waals surface area contributed by atoms with Crippen molar-refractivity contribution in [1.29, 1.82) is 10.8 Å². The zero-order chi connectivity index (χ0) is 41.8. The molecule has 5 aromatic rings. The molecule has 5 atom stereocenters. The van der Waals surface area contributed by atoms with E-state index in [0.717, 1.165) is 36.1 Å². The molecule has 2 amide bonds. The van der Waals surface area contributed by atoms with Gasteiger partial charge in [0.15, 0.2) is 12.3 Å². The van der Waals surface area contributed by atoms with E-state index in [9.17, 15) is 5.11 Å². The first-order chi connectivity index (χ1) is 29.0. The molecule has 2 spiro atoms. The van der Waals surface area contributed by atoms with Crippen LogP contribution < -0.4 is 10.6 Å². The number of benzene rings is 3. The second-order valence-electron chi connectivity index (χ2n) is 18.0. The molecule has 3 fully saturated rings. The summed E-state index contributed by atoms with van der Waals surface area (Å²) in [4.78, 5) is 39.1. The van der Waals surface area contributed by atoms with Gasteiger partial charge in [0.25, 0.3) is 0 Å². The summed E-state index contributed by atoms with van der Waals surface area (Å²) < 4.78 is 7.16. The van der Waals surface area contributed by atoms with Crippen LogP contribution in [0.25, 0.3) is 5.65 Å². The highest BCUT2D eigenvalue weighted by molar-refractivity contribution is 6.31. The van der Waals surface area contributed by atoms with Crippen molar-refractivity contribution in [3.63, 3.8) is 0 Å². The van der Waals surface area contributed by atoms with Gasteiger partial charge in [0, 0.05) is 52.2 Å². The average Bonchev–Trinajstić information content (AvgIpc) is 3.88. The molecule has 2 aliphatic heterocycles. The smallest absolute Gasteiger partial charge is 0.238 e. The van der Waals surface area contributed by atoms with Gasteiger partial charge in [0.1, 0.15) is 17.1 Å². The fourth-order valence-electron chi connectivity index (χ4n) is 11.4. The van der Waals surface area contributed by atoms with Crippen molar-refractivity contribution in [3.8, 4) is 0 Å². The second-order valence-corrected chi connectivity index (χ2v) is 18.4. The van der Waals surface area contributed by atoms with Crippen LogP contribution in [0.3, 0.4) is 0 Å². The Bertz CT molecular complexity index is 2420. The number of pyridine rings is 1. The van der Waals surface area contributed by atoms with Crippen molar-refractivity contribution in [1.82, 2.24) is 19.6 Å². The van der Waals surface area contributed by atoms with Gasteiger partial charge in [-0.15, -0.1) is 0 Å². The number of halogens is 1. The maximum Gasteiger partial charge on any atom is 0.238 e. The summed E-state index contributed by atoms with van der Waals surface area (Å²) >= 11 is 6.69. The zero-order valence-corrected chi connectivity index (χ0v) is 34.7. The Labute approximate surface area is 355 Å². The van der Waals surface area contributed by atoms with Crippen molar-refractivity contribution in [2.75, 3.05) is 5.32 Å². The average molecular weight is 826 g/mol. The van der Waals surface area contributed by atoms with Crippen LogP contribution in [0.5, 0.6) is 0 Å². The van der Waals surface area contributed by atoms with Crippen LogP contribution in [0.2, 0.25) is 5.02 Å². The molecule has 5 N–H and O–H groups in total. The van der Waals surface area contributed by atoms with Gasteiger partial charge in [-0.25, -0.2) is 4.98 Å². The Balaban J connectivity index is 1.32. The largest absolute Gasteiger partial charge is 0.432 e. The molecule has 2 aromatic heterocycles. The summed E-state index contributed by atoms with van der Waals surface area (Å²) in [6.07, 6.45) is 8.72. The van der Waals surface area contributed by atoms with Crippen LogP contribution in [0.1, 0.15) is 106 Å². The lowest BCUT2D eigenvalue weighted by Gasteiger charge is -2.56. The molecule has 310 valence electrons. The lowest BCUT2D eigenvalue weighted by molar-refractivity contribution is -0.137. The van der Waals surface area contributed by atoms with Gasteiger partial charge in [-0.3, -0.25) is 25.3 Å². The summed E-state index contributed by atoms with van der Waals surface area (Å²) in [5, 5.41) is 36.0. The van der Waals surface area contributed by atoms with E-state index in [1.807, 2.05) is 114 Å². The highest BCUT2D eigenvalue weighted by Gasteiger charge is 2.77. The number of rotatable bonds is 9. The van der Waals surface area contributed by atoms with Gasteiger partial charge in [-0.2, -0.15) is 0 Å². The van der Waals surface area contributed by atoms with E-state index in [2.05, 4.69) is 29.4 Å². The van der Waals surface area contributed by atoms with Crippen molar-refractivity contribution in [2.45, 2.75) is 106 Å². The molecule has 11 nitrogen and oxygen atoms in total. The topological polar surface area (TPSA) is 156 Å². The van der Waals surface area contributed by atoms with Gasteiger partial charge < -0.3 is 24.9 Å².